The summed E-state index contributed by atoms with van der Waals surface area (Å²) in [5.41, 5.74) is 7.91. The first-order chi connectivity index (χ1) is 8.82. The van der Waals surface area contributed by atoms with Gasteiger partial charge in [0.1, 0.15) is 5.75 Å². The number of amides is 1. The molecule has 0 saturated heterocycles. The summed E-state index contributed by atoms with van der Waals surface area (Å²) in [6.07, 6.45) is 0.374. The molecule has 0 bridgehead atoms. The molecule has 0 aliphatic carbocycles. The molecule has 6 heteroatoms. The minimum Gasteiger partial charge on any atom is -0.330 e. The van der Waals surface area contributed by atoms with Crippen molar-refractivity contribution in [1.82, 2.24) is 0 Å². The van der Waals surface area contributed by atoms with Gasteiger partial charge in [0, 0.05) is 5.69 Å². The van der Waals surface area contributed by atoms with Crippen molar-refractivity contribution < 1.29 is 13.2 Å². The standard InChI is InChI=1S/C13H20N2O3S/c1-10-6-11(2)8-12(7-10)15-13(16)9-19(17,18)5-3-4-14/h6-8H,3-5,9,14H2,1-2H3,(H,15,16). The van der Waals surface area contributed by atoms with Crippen LogP contribution in [0.1, 0.15) is 17.5 Å². The third kappa shape index (κ3) is 5.85. The second-order valence-electron chi connectivity index (χ2n) is 4.66. The molecule has 1 aromatic carbocycles. The maximum Gasteiger partial charge on any atom is 0.239 e. The Labute approximate surface area is 114 Å². The summed E-state index contributed by atoms with van der Waals surface area (Å²) in [4.78, 5) is 11.7. The smallest absolute Gasteiger partial charge is 0.239 e. The van der Waals surface area contributed by atoms with E-state index in [-0.39, 0.29) is 5.75 Å². The van der Waals surface area contributed by atoms with E-state index in [1.807, 2.05) is 19.9 Å². The van der Waals surface area contributed by atoms with Crippen molar-refractivity contribution >= 4 is 21.4 Å². The van der Waals surface area contributed by atoms with Gasteiger partial charge in [-0.25, -0.2) is 8.42 Å². The molecule has 0 aliphatic heterocycles. The zero-order valence-electron chi connectivity index (χ0n) is 11.3. The summed E-state index contributed by atoms with van der Waals surface area (Å²) in [6, 6.07) is 5.59. The predicted molar refractivity (Wildman–Crippen MR) is 76.9 cm³/mol. The van der Waals surface area contributed by atoms with Crippen LogP contribution in [0, 0.1) is 13.8 Å². The van der Waals surface area contributed by atoms with Crippen LogP contribution in [-0.2, 0) is 14.6 Å². The van der Waals surface area contributed by atoms with Gasteiger partial charge in [-0.1, -0.05) is 6.07 Å². The van der Waals surface area contributed by atoms with Gasteiger partial charge in [-0.05, 0) is 50.1 Å². The number of sulfone groups is 1. The highest BCUT2D eigenvalue weighted by atomic mass is 32.2. The average Bonchev–Trinajstić information content (AvgIpc) is 2.23. The Kier molecular flexibility index (Phi) is 5.50. The normalized spacial score (nSPS) is 11.3. The molecule has 19 heavy (non-hydrogen) atoms. The summed E-state index contributed by atoms with van der Waals surface area (Å²) >= 11 is 0. The fraction of sp³-hybridized carbons (Fsp3) is 0.462. The highest BCUT2D eigenvalue weighted by Crippen LogP contribution is 2.13. The number of rotatable bonds is 6. The van der Waals surface area contributed by atoms with E-state index >= 15 is 0 Å². The van der Waals surface area contributed by atoms with Crippen LogP contribution in [0.25, 0.3) is 0 Å². The summed E-state index contributed by atoms with van der Waals surface area (Å²) in [5, 5.41) is 2.61. The second-order valence-corrected chi connectivity index (χ2v) is 6.84. The Morgan fingerprint density at radius 1 is 1.21 bits per heavy atom. The molecule has 0 unspecified atom stereocenters. The summed E-state index contributed by atoms with van der Waals surface area (Å²) < 4.78 is 23.2. The lowest BCUT2D eigenvalue weighted by molar-refractivity contribution is -0.113. The van der Waals surface area contributed by atoms with Crippen molar-refractivity contribution in [3.8, 4) is 0 Å². The van der Waals surface area contributed by atoms with E-state index in [1.165, 1.54) is 0 Å². The summed E-state index contributed by atoms with van der Waals surface area (Å²) in [5.74, 6) is -1.06. The van der Waals surface area contributed by atoms with Crippen molar-refractivity contribution in [1.29, 1.82) is 0 Å². The van der Waals surface area contributed by atoms with Crippen LogP contribution in [-0.4, -0.2) is 32.4 Å². The number of anilines is 1. The number of hydrogen-bond donors (Lipinski definition) is 2. The lowest BCUT2D eigenvalue weighted by atomic mass is 10.1. The van der Waals surface area contributed by atoms with Crippen molar-refractivity contribution in [2.75, 3.05) is 23.4 Å². The highest BCUT2D eigenvalue weighted by Gasteiger charge is 2.16. The van der Waals surface area contributed by atoms with Gasteiger partial charge in [0.25, 0.3) is 0 Å². The minimum absolute atomic E-state index is 0.0518. The van der Waals surface area contributed by atoms with Gasteiger partial charge in [-0.15, -0.1) is 0 Å². The molecule has 1 aromatic rings. The number of carbonyl (C=O) groups is 1. The Morgan fingerprint density at radius 2 is 1.79 bits per heavy atom. The van der Waals surface area contributed by atoms with E-state index in [9.17, 15) is 13.2 Å². The quantitative estimate of drug-likeness (QED) is 0.815. The van der Waals surface area contributed by atoms with E-state index < -0.39 is 21.5 Å². The van der Waals surface area contributed by atoms with Crippen LogP contribution in [0.2, 0.25) is 0 Å². The first-order valence-electron chi connectivity index (χ1n) is 6.11. The topological polar surface area (TPSA) is 89.3 Å². The van der Waals surface area contributed by atoms with Crippen molar-refractivity contribution in [2.45, 2.75) is 20.3 Å². The first-order valence-corrected chi connectivity index (χ1v) is 7.93. The Balaban J connectivity index is 2.65. The van der Waals surface area contributed by atoms with E-state index in [0.29, 0.717) is 18.7 Å². The first kappa shape index (κ1) is 15.7. The van der Waals surface area contributed by atoms with Gasteiger partial charge >= 0.3 is 0 Å². The monoisotopic (exact) mass is 284 g/mol. The molecule has 0 radical (unpaired) electrons. The maximum atomic E-state index is 11.7. The molecule has 0 heterocycles. The molecule has 0 aromatic heterocycles. The van der Waals surface area contributed by atoms with E-state index in [4.69, 9.17) is 5.73 Å². The zero-order chi connectivity index (χ0) is 14.5. The SMILES string of the molecule is Cc1cc(C)cc(NC(=O)CS(=O)(=O)CCCN)c1. The Hall–Kier alpha value is -1.40. The molecule has 106 valence electrons. The fourth-order valence-electron chi connectivity index (χ4n) is 1.82. The molecule has 0 fully saturated rings. The summed E-state index contributed by atoms with van der Waals surface area (Å²) in [6.45, 7) is 4.14. The van der Waals surface area contributed by atoms with E-state index in [1.54, 1.807) is 12.1 Å². The van der Waals surface area contributed by atoms with Gasteiger partial charge < -0.3 is 11.1 Å². The van der Waals surface area contributed by atoms with Gasteiger partial charge in [-0.3, -0.25) is 4.79 Å². The van der Waals surface area contributed by atoms with Crippen LogP contribution < -0.4 is 11.1 Å². The van der Waals surface area contributed by atoms with Gasteiger partial charge in [-0.2, -0.15) is 0 Å². The zero-order valence-corrected chi connectivity index (χ0v) is 12.1. The van der Waals surface area contributed by atoms with Gasteiger partial charge in [0.05, 0.1) is 5.75 Å². The number of hydrogen-bond acceptors (Lipinski definition) is 4. The third-order valence-electron chi connectivity index (χ3n) is 2.52. The Morgan fingerprint density at radius 3 is 2.32 bits per heavy atom. The lowest BCUT2D eigenvalue weighted by Crippen LogP contribution is -2.25. The van der Waals surface area contributed by atoms with Crippen LogP contribution in [0.3, 0.4) is 0 Å². The number of nitrogens with two attached hydrogens (primary N) is 1. The van der Waals surface area contributed by atoms with Crippen LogP contribution in [0.15, 0.2) is 18.2 Å². The fourth-order valence-corrected chi connectivity index (χ4v) is 3.04. The number of carbonyl (C=O) groups excluding carboxylic acids is 1. The van der Waals surface area contributed by atoms with Crippen LogP contribution in [0.4, 0.5) is 5.69 Å². The second kappa shape index (κ2) is 6.68. The maximum absolute atomic E-state index is 11.7. The molecule has 0 aliphatic rings. The Bertz CT molecular complexity index is 533. The van der Waals surface area contributed by atoms with Crippen molar-refractivity contribution in [2.24, 2.45) is 5.73 Å². The summed E-state index contributed by atoms with van der Waals surface area (Å²) in [7, 11) is -3.38. The molecule has 0 saturated carbocycles. The molecular formula is C13H20N2O3S. The van der Waals surface area contributed by atoms with E-state index in [0.717, 1.165) is 11.1 Å². The molecule has 5 nitrogen and oxygen atoms in total. The molecule has 0 spiro atoms. The largest absolute Gasteiger partial charge is 0.330 e. The predicted octanol–water partition coefficient (Wildman–Crippen LogP) is 1.01. The number of benzene rings is 1. The van der Waals surface area contributed by atoms with Gasteiger partial charge in [0.2, 0.25) is 5.91 Å². The van der Waals surface area contributed by atoms with Crippen molar-refractivity contribution in [3.05, 3.63) is 29.3 Å². The molecule has 3 N–H and O–H groups in total. The van der Waals surface area contributed by atoms with Gasteiger partial charge in [0.15, 0.2) is 9.84 Å². The van der Waals surface area contributed by atoms with Crippen LogP contribution in [0.5, 0.6) is 0 Å². The number of aryl methyl sites for hydroxylation is 2. The molecular weight excluding hydrogens is 264 g/mol. The average molecular weight is 284 g/mol. The lowest BCUT2D eigenvalue weighted by Gasteiger charge is -2.08. The minimum atomic E-state index is -3.38. The van der Waals surface area contributed by atoms with Crippen molar-refractivity contribution in [3.63, 3.8) is 0 Å². The molecule has 0 atom stereocenters. The molecule has 1 rings (SSSR count). The third-order valence-corrected chi connectivity index (χ3v) is 4.13. The molecule has 1 amide bonds. The van der Waals surface area contributed by atoms with E-state index in [2.05, 4.69) is 5.32 Å². The highest BCUT2D eigenvalue weighted by molar-refractivity contribution is 7.92. The number of nitrogens with one attached hydrogen (secondary N) is 1. The van der Waals surface area contributed by atoms with Crippen LogP contribution >= 0.6 is 0 Å².